The van der Waals surface area contributed by atoms with Crippen LogP contribution in [0.4, 0.5) is 8.78 Å². The summed E-state index contributed by atoms with van der Waals surface area (Å²) in [7, 11) is 1.81. The maximum atomic E-state index is 14.2. The monoisotopic (exact) mass is 275 g/mol. The van der Waals surface area contributed by atoms with E-state index in [4.69, 9.17) is 0 Å². The molecule has 1 unspecified atom stereocenters. The summed E-state index contributed by atoms with van der Waals surface area (Å²) in [6.07, 6.45) is 0.628. The molecule has 106 valence electrons. The van der Waals surface area contributed by atoms with Gasteiger partial charge in [-0.3, -0.25) is 0 Å². The number of hydrogen-bond acceptors (Lipinski definition) is 1. The van der Waals surface area contributed by atoms with E-state index in [1.54, 1.807) is 25.1 Å². The van der Waals surface area contributed by atoms with Crippen LogP contribution in [0.1, 0.15) is 28.3 Å². The van der Waals surface area contributed by atoms with E-state index in [1.165, 1.54) is 12.1 Å². The van der Waals surface area contributed by atoms with E-state index in [1.807, 2.05) is 20.0 Å². The molecule has 0 saturated carbocycles. The Labute approximate surface area is 118 Å². The first-order chi connectivity index (χ1) is 9.52. The molecule has 20 heavy (non-hydrogen) atoms. The van der Waals surface area contributed by atoms with Gasteiger partial charge in [-0.25, -0.2) is 8.78 Å². The van der Waals surface area contributed by atoms with Crippen LogP contribution in [-0.4, -0.2) is 7.05 Å². The van der Waals surface area contributed by atoms with E-state index in [0.717, 1.165) is 11.1 Å². The molecule has 1 atom stereocenters. The zero-order valence-corrected chi connectivity index (χ0v) is 12.0. The molecule has 0 fully saturated rings. The Balaban J connectivity index is 2.31. The third-order valence-electron chi connectivity index (χ3n) is 3.67. The molecule has 2 aromatic carbocycles. The molecule has 0 aliphatic heterocycles. The Morgan fingerprint density at radius 1 is 1.05 bits per heavy atom. The topological polar surface area (TPSA) is 12.0 Å². The van der Waals surface area contributed by atoms with E-state index in [0.29, 0.717) is 17.5 Å². The van der Waals surface area contributed by atoms with Gasteiger partial charge in [-0.05, 0) is 56.1 Å². The van der Waals surface area contributed by atoms with Crippen LogP contribution in [0.2, 0.25) is 0 Å². The summed E-state index contributed by atoms with van der Waals surface area (Å²) in [5.74, 6) is -0.416. The fourth-order valence-corrected chi connectivity index (χ4v) is 2.41. The highest BCUT2D eigenvalue weighted by molar-refractivity contribution is 5.32. The molecule has 0 bridgehead atoms. The molecule has 0 aliphatic rings. The second kappa shape index (κ2) is 6.14. The van der Waals surface area contributed by atoms with Gasteiger partial charge in [0, 0.05) is 11.6 Å². The molecule has 2 rings (SSSR count). The fourth-order valence-electron chi connectivity index (χ4n) is 2.41. The summed E-state index contributed by atoms with van der Waals surface area (Å²) in [5, 5.41) is 3.14. The molecule has 0 radical (unpaired) electrons. The predicted octanol–water partition coefficient (Wildman–Crippen LogP) is 4.08. The van der Waals surface area contributed by atoms with Gasteiger partial charge < -0.3 is 5.32 Å². The van der Waals surface area contributed by atoms with Gasteiger partial charge in [-0.2, -0.15) is 0 Å². The van der Waals surface area contributed by atoms with Crippen molar-refractivity contribution in [3.63, 3.8) is 0 Å². The second-order valence-corrected chi connectivity index (χ2v) is 5.09. The molecule has 2 aromatic rings. The number of aryl methyl sites for hydroxylation is 2. The number of hydrogen-bond donors (Lipinski definition) is 1. The molecule has 3 heteroatoms. The molecule has 0 heterocycles. The zero-order chi connectivity index (χ0) is 14.7. The van der Waals surface area contributed by atoms with E-state index >= 15 is 0 Å². The van der Waals surface area contributed by atoms with Crippen LogP contribution in [0, 0.1) is 25.5 Å². The summed E-state index contributed by atoms with van der Waals surface area (Å²) in [4.78, 5) is 0. The summed E-state index contributed by atoms with van der Waals surface area (Å²) in [6.45, 7) is 3.63. The van der Waals surface area contributed by atoms with Crippen LogP contribution in [0.25, 0.3) is 0 Å². The predicted molar refractivity (Wildman–Crippen MR) is 77.8 cm³/mol. The zero-order valence-electron chi connectivity index (χ0n) is 12.0. The van der Waals surface area contributed by atoms with Crippen LogP contribution in [-0.2, 0) is 6.42 Å². The minimum Gasteiger partial charge on any atom is -0.313 e. The molecule has 0 spiro atoms. The first kappa shape index (κ1) is 14.7. The lowest BCUT2D eigenvalue weighted by Gasteiger charge is -2.19. The Hall–Kier alpha value is -1.74. The maximum Gasteiger partial charge on any atom is 0.130 e. The van der Waals surface area contributed by atoms with Gasteiger partial charge in [-0.15, -0.1) is 0 Å². The smallest absolute Gasteiger partial charge is 0.130 e. The molecule has 0 amide bonds. The standard InChI is InChI=1S/C17H19F2N/c1-11-5-4-6-15(17(11)19)16(20-3)10-13-7-8-14(18)9-12(13)2/h4-9,16,20H,10H2,1-3H3. The Morgan fingerprint density at radius 3 is 2.45 bits per heavy atom. The lowest BCUT2D eigenvalue weighted by atomic mass is 9.95. The van der Waals surface area contributed by atoms with Gasteiger partial charge in [0.2, 0.25) is 0 Å². The lowest BCUT2D eigenvalue weighted by Crippen LogP contribution is -2.20. The average molecular weight is 275 g/mol. The van der Waals surface area contributed by atoms with E-state index < -0.39 is 0 Å². The highest BCUT2D eigenvalue weighted by atomic mass is 19.1. The first-order valence-corrected chi connectivity index (χ1v) is 6.70. The maximum absolute atomic E-state index is 14.2. The molecular formula is C17H19F2N. The fraction of sp³-hybridized carbons (Fsp3) is 0.294. The largest absolute Gasteiger partial charge is 0.313 e. The summed E-state index contributed by atoms with van der Waals surface area (Å²) in [6, 6.07) is 10.0. The van der Waals surface area contributed by atoms with Crippen LogP contribution in [0.15, 0.2) is 36.4 Å². The van der Waals surface area contributed by atoms with Crippen molar-refractivity contribution in [2.75, 3.05) is 7.05 Å². The number of benzene rings is 2. The van der Waals surface area contributed by atoms with Crippen LogP contribution in [0.3, 0.4) is 0 Å². The van der Waals surface area contributed by atoms with Crippen molar-refractivity contribution in [2.45, 2.75) is 26.3 Å². The van der Waals surface area contributed by atoms with E-state index in [2.05, 4.69) is 5.32 Å². The molecule has 0 saturated heterocycles. The quantitative estimate of drug-likeness (QED) is 0.886. The van der Waals surface area contributed by atoms with Crippen molar-refractivity contribution in [1.29, 1.82) is 0 Å². The third-order valence-corrected chi connectivity index (χ3v) is 3.67. The Bertz CT molecular complexity index is 608. The van der Waals surface area contributed by atoms with Crippen molar-refractivity contribution in [3.05, 3.63) is 70.3 Å². The number of rotatable bonds is 4. The van der Waals surface area contributed by atoms with Crippen LogP contribution >= 0.6 is 0 Å². The number of nitrogens with one attached hydrogen (secondary N) is 1. The lowest BCUT2D eigenvalue weighted by molar-refractivity contribution is 0.528. The summed E-state index contributed by atoms with van der Waals surface area (Å²) >= 11 is 0. The van der Waals surface area contributed by atoms with Gasteiger partial charge in [0.05, 0.1) is 0 Å². The van der Waals surface area contributed by atoms with Crippen molar-refractivity contribution in [1.82, 2.24) is 5.32 Å². The van der Waals surface area contributed by atoms with Crippen molar-refractivity contribution in [2.24, 2.45) is 0 Å². The van der Waals surface area contributed by atoms with Gasteiger partial charge in [0.15, 0.2) is 0 Å². The Morgan fingerprint density at radius 2 is 1.80 bits per heavy atom. The van der Waals surface area contributed by atoms with E-state index in [-0.39, 0.29) is 17.7 Å². The van der Waals surface area contributed by atoms with Crippen LogP contribution < -0.4 is 5.32 Å². The van der Waals surface area contributed by atoms with Crippen molar-refractivity contribution in [3.8, 4) is 0 Å². The highest BCUT2D eigenvalue weighted by Crippen LogP contribution is 2.24. The number of likely N-dealkylation sites (N-methyl/N-ethyl adjacent to an activating group) is 1. The average Bonchev–Trinajstić information content (AvgIpc) is 2.42. The van der Waals surface area contributed by atoms with E-state index in [9.17, 15) is 8.78 Å². The Kier molecular flexibility index (Phi) is 4.50. The molecule has 0 aliphatic carbocycles. The van der Waals surface area contributed by atoms with Gasteiger partial charge in [-0.1, -0.05) is 24.3 Å². The van der Waals surface area contributed by atoms with Gasteiger partial charge in [0.25, 0.3) is 0 Å². The molecule has 0 aromatic heterocycles. The highest BCUT2D eigenvalue weighted by Gasteiger charge is 2.16. The van der Waals surface area contributed by atoms with Gasteiger partial charge >= 0.3 is 0 Å². The minimum absolute atomic E-state index is 0.126. The van der Waals surface area contributed by atoms with Crippen molar-refractivity contribution < 1.29 is 8.78 Å². The first-order valence-electron chi connectivity index (χ1n) is 6.70. The SMILES string of the molecule is CNC(Cc1ccc(F)cc1C)c1cccc(C)c1F. The molecular weight excluding hydrogens is 256 g/mol. The van der Waals surface area contributed by atoms with Gasteiger partial charge in [0.1, 0.15) is 11.6 Å². The normalized spacial score (nSPS) is 12.4. The second-order valence-electron chi connectivity index (χ2n) is 5.09. The molecule has 1 nitrogen and oxygen atoms in total. The third kappa shape index (κ3) is 3.05. The summed E-state index contributed by atoms with van der Waals surface area (Å²) < 4.78 is 27.3. The summed E-state index contributed by atoms with van der Waals surface area (Å²) in [5.41, 5.74) is 3.19. The van der Waals surface area contributed by atoms with Crippen molar-refractivity contribution >= 4 is 0 Å². The minimum atomic E-state index is -0.242. The van der Waals surface area contributed by atoms with Crippen LogP contribution in [0.5, 0.6) is 0 Å². The number of halogens is 2. The molecule has 1 N–H and O–H groups in total.